The molecule has 1 atom stereocenters. The molecular weight excluding hydrogens is 364 g/mol. The van der Waals surface area contributed by atoms with E-state index in [4.69, 9.17) is 23.2 Å². The van der Waals surface area contributed by atoms with Crippen molar-refractivity contribution in [2.45, 2.75) is 31.5 Å². The molecule has 0 aliphatic carbocycles. The molecule has 1 aromatic carbocycles. The highest BCUT2D eigenvalue weighted by Crippen LogP contribution is 2.21. The minimum atomic E-state index is -1.69. The van der Waals surface area contributed by atoms with Gasteiger partial charge >= 0.3 is 7.12 Å². The Labute approximate surface area is 159 Å². The van der Waals surface area contributed by atoms with Crippen LogP contribution >= 0.6 is 23.2 Å². The summed E-state index contributed by atoms with van der Waals surface area (Å²) in [5.74, 6) is -1.79. The summed E-state index contributed by atoms with van der Waals surface area (Å²) in [5, 5.41) is 23.2. The smallest absolute Gasteiger partial charge is 0.426 e. The van der Waals surface area contributed by atoms with Crippen LogP contribution in [-0.2, 0) is 4.79 Å². The molecule has 25 heavy (non-hydrogen) atoms. The van der Waals surface area contributed by atoms with E-state index in [0.29, 0.717) is 11.4 Å². The fourth-order valence-electron chi connectivity index (χ4n) is 2.19. The van der Waals surface area contributed by atoms with E-state index < -0.39 is 30.2 Å². The molecule has 1 aromatic rings. The van der Waals surface area contributed by atoms with E-state index in [1.807, 2.05) is 13.8 Å². The van der Waals surface area contributed by atoms with Gasteiger partial charge in [-0.3, -0.25) is 9.59 Å². The molecule has 134 valence electrons. The highest BCUT2D eigenvalue weighted by molar-refractivity contribution is 6.53. The largest absolute Gasteiger partial charge is 0.475 e. The molecule has 0 aliphatic heterocycles. The summed E-state index contributed by atoms with van der Waals surface area (Å²) in [5.41, 5.74) is 0.149. The number of halogens is 2. The van der Waals surface area contributed by atoms with Crippen LogP contribution in [0.15, 0.2) is 18.2 Å². The lowest BCUT2D eigenvalue weighted by molar-refractivity contribution is -0.122. The predicted molar refractivity (Wildman–Crippen MR) is 105 cm³/mol. The summed E-state index contributed by atoms with van der Waals surface area (Å²) in [6.07, 6.45) is 0.382. The normalized spacial score (nSPS) is 12.6. The fourth-order valence-corrected chi connectivity index (χ4v) is 2.57. The van der Waals surface area contributed by atoms with Gasteiger partial charge in [0.15, 0.2) is 0 Å². The van der Waals surface area contributed by atoms with Crippen LogP contribution in [0.4, 0.5) is 0 Å². The Hall–Kier alpha value is -1.15. The van der Waals surface area contributed by atoms with Crippen molar-refractivity contribution in [2.75, 3.05) is 0 Å². The van der Waals surface area contributed by atoms with Crippen LogP contribution in [0.2, 0.25) is 10.0 Å². The van der Waals surface area contributed by atoms with Gasteiger partial charge < -0.3 is 20.7 Å². The van der Waals surface area contributed by atoms with Crippen molar-refractivity contribution in [1.82, 2.24) is 10.6 Å². The summed E-state index contributed by atoms with van der Waals surface area (Å²) >= 11 is 11.9. The SMILES string of the molecule is BC(B)(NC(=O)c1cc(Cl)ccc1Cl)C(=O)N[C@@H](CC(C)C)B(O)O. The molecule has 1 rings (SSSR count). The molecule has 4 N–H and O–H groups in total. The third-order valence-electron chi connectivity index (χ3n) is 3.57. The van der Waals surface area contributed by atoms with E-state index in [9.17, 15) is 19.6 Å². The van der Waals surface area contributed by atoms with Crippen molar-refractivity contribution in [2.24, 2.45) is 5.92 Å². The Morgan fingerprint density at radius 1 is 1.28 bits per heavy atom. The second kappa shape index (κ2) is 8.99. The lowest BCUT2D eigenvalue weighted by atomic mass is 9.60. The molecule has 0 heterocycles. The van der Waals surface area contributed by atoms with Crippen LogP contribution in [0, 0.1) is 5.92 Å². The van der Waals surface area contributed by atoms with Crippen molar-refractivity contribution in [1.29, 1.82) is 0 Å². The van der Waals surface area contributed by atoms with E-state index in [2.05, 4.69) is 10.6 Å². The van der Waals surface area contributed by atoms with E-state index in [0.717, 1.165) is 0 Å². The molecule has 0 bridgehead atoms. The van der Waals surface area contributed by atoms with Crippen molar-refractivity contribution in [3.05, 3.63) is 33.8 Å². The Kier molecular flexibility index (Phi) is 7.87. The fraction of sp³-hybridized carbons (Fsp3) is 0.429. The minimum Gasteiger partial charge on any atom is -0.426 e. The van der Waals surface area contributed by atoms with Crippen molar-refractivity contribution >= 4 is 57.8 Å². The number of carbonyl (C=O) groups is 2. The third kappa shape index (κ3) is 6.58. The number of benzene rings is 1. The van der Waals surface area contributed by atoms with E-state index in [-0.39, 0.29) is 16.5 Å². The lowest BCUT2D eigenvalue weighted by Gasteiger charge is -2.29. The maximum Gasteiger partial charge on any atom is 0.475 e. The van der Waals surface area contributed by atoms with Gasteiger partial charge in [0.2, 0.25) is 5.91 Å². The maximum absolute atomic E-state index is 12.5. The standard InChI is InChI=1S/C14H21B3Cl2N2O4/c1-7(2)5-11(17(24)25)20-13(23)14(15,16)21-12(22)9-6-8(18)3-4-10(9)19/h3-4,6-7,11,24-25H,5,15-16H2,1-2H3,(H,20,23)(H,21,22)/t11-/m0/s1. The van der Waals surface area contributed by atoms with Crippen molar-refractivity contribution < 1.29 is 19.6 Å². The predicted octanol–water partition coefficient (Wildman–Crippen LogP) is -0.814. The molecule has 0 unspecified atom stereocenters. The van der Waals surface area contributed by atoms with Crippen LogP contribution in [0.3, 0.4) is 0 Å². The highest BCUT2D eigenvalue weighted by Gasteiger charge is 2.34. The summed E-state index contributed by atoms with van der Waals surface area (Å²) in [4.78, 5) is 24.9. The summed E-state index contributed by atoms with van der Waals surface area (Å²) in [6, 6.07) is 4.45. The number of hydrogen-bond donors (Lipinski definition) is 4. The zero-order valence-corrected chi connectivity index (χ0v) is 16.1. The molecule has 0 radical (unpaired) electrons. The Balaban J connectivity index is 2.86. The number of rotatable bonds is 7. The van der Waals surface area contributed by atoms with Gasteiger partial charge in [-0.05, 0) is 30.5 Å². The van der Waals surface area contributed by atoms with Gasteiger partial charge in [0.05, 0.1) is 21.9 Å². The summed E-state index contributed by atoms with van der Waals surface area (Å²) in [6.45, 7) is 3.80. The van der Waals surface area contributed by atoms with Gasteiger partial charge in [-0.15, -0.1) is 0 Å². The number of nitrogens with one attached hydrogen (secondary N) is 2. The molecule has 0 aromatic heterocycles. The number of hydrogen-bond acceptors (Lipinski definition) is 4. The zero-order chi connectivity index (χ0) is 19.4. The first kappa shape index (κ1) is 21.9. The molecule has 0 saturated heterocycles. The Bertz CT molecular complexity index is 645. The molecule has 0 saturated carbocycles. The first-order valence-electron chi connectivity index (χ1n) is 7.88. The van der Waals surface area contributed by atoms with Crippen LogP contribution in [0.5, 0.6) is 0 Å². The minimum absolute atomic E-state index is 0.148. The van der Waals surface area contributed by atoms with E-state index in [1.165, 1.54) is 27.8 Å². The van der Waals surface area contributed by atoms with Crippen LogP contribution < -0.4 is 10.6 Å². The first-order valence-corrected chi connectivity index (χ1v) is 8.64. The second-order valence-corrected chi connectivity index (χ2v) is 7.67. The molecule has 0 fully saturated rings. The van der Waals surface area contributed by atoms with Crippen LogP contribution in [0.25, 0.3) is 0 Å². The van der Waals surface area contributed by atoms with Crippen molar-refractivity contribution in [3.8, 4) is 0 Å². The monoisotopic (exact) mass is 384 g/mol. The molecule has 0 aliphatic rings. The first-order chi connectivity index (χ1) is 11.4. The average molecular weight is 385 g/mol. The van der Waals surface area contributed by atoms with Crippen molar-refractivity contribution in [3.63, 3.8) is 0 Å². The quantitative estimate of drug-likeness (QED) is 0.462. The topological polar surface area (TPSA) is 98.7 Å². The summed E-state index contributed by atoms with van der Waals surface area (Å²) in [7, 11) is 1.32. The van der Waals surface area contributed by atoms with Gasteiger partial charge in [-0.1, -0.05) is 37.0 Å². The molecule has 2 amide bonds. The molecule has 6 nitrogen and oxygen atoms in total. The maximum atomic E-state index is 12.5. The zero-order valence-electron chi connectivity index (χ0n) is 14.6. The average Bonchev–Trinajstić information content (AvgIpc) is 2.47. The Morgan fingerprint density at radius 3 is 2.40 bits per heavy atom. The lowest BCUT2D eigenvalue weighted by Crippen LogP contribution is -2.63. The van der Waals surface area contributed by atoms with Gasteiger partial charge in [0, 0.05) is 5.02 Å². The number of carbonyl (C=O) groups excluding carboxylic acids is 2. The molecular formula is C14H21B3Cl2N2O4. The second-order valence-electron chi connectivity index (χ2n) is 6.83. The van der Waals surface area contributed by atoms with Gasteiger partial charge in [0.1, 0.15) is 15.7 Å². The van der Waals surface area contributed by atoms with Gasteiger partial charge in [0.25, 0.3) is 5.91 Å². The van der Waals surface area contributed by atoms with E-state index >= 15 is 0 Å². The molecule has 0 spiro atoms. The third-order valence-corrected chi connectivity index (χ3v) is 4.13. The van der Waals surface area contributed by atoms with Gasteiger partial charge in [-0.2, -0.15) is 0 Å². The summed E-state index contributed by atoms with van der Waals surface area (Å²) < 4.78 is 0. The van der Waals surface area contributed by atoms with Crippen LogP contribution in [0.1, 0.15) is 30.6 Å². The van der Waals surface area contributed by atoms with Gasteiger partial charge in [-0.25, -0.2) is 0 Å². The number of amides is 2. The Morgan fingerprint density at radius 2 is 1.88 bits per heavy atom. The van der Waals surface area contributed by atoms with E-state index in [1.54, 1.807) is 6.07 Å². The van der Waals surface area contributed by atoms with Crippen LogP contribution in [-0.4, -0.2) is 56.0 Å². The highest BCUT2D eigenvalue weighted by atomic mass is 35.5. The molecule has 11 heteroatoms.